The number of aryl methyl sites for hydroxylation is 2. The molecule has 112 valence electrons. The van der Waals surface area contributed by atoms with Gasteiger partial charge in [-0.15, -0.1) is 11.3 Å². The minimum atomic E-state index is -0.0531. The second-order valence-electron chi connectivity index (χ2n) is 5.30. The highest BCUT2D eigenvalue weighted by molar-refractivity contribution is 7.71. The molecule has 22 heavy (non-hydrogen) atoms. The summed E-state index contributed by atoms with van der Waals surface area (Å²) in [5.41, 5.74) is 1.82. The van der Waals surface area contributed by atoms with E-state index < -0.39 is 0 Å². The van der Waals surface area contributed by atoms with Crippen molar-refractivity contribution in [2.45, 2.75) is 19.3 Å². The Bertz CT molecular complexity index is 998. The zero-order valence-electron chi connectivity index (χ0n) is 12.0. The number of para-hydroxylation sites is 2. The second-order valence-corrected chi connectivity index (χ2v) is 6.80. The molecule has 2 aromatic heterocycles. The van der Waals surface area contributed by atoms with E-state index in [9.17, 15) is 4.79 Å². The average molecular weight is 330 g/mol. The van der Waals surface area contributed by atoms with Crippen molar-refractivity contribution in [3.8, 4) is 11.4 Å². The molecule has 3 aromatic rings. The number of aromatic nitrogens is 2. The maximum atomic E-state index is 13.1. The highest BCUT2D eigenvalue weighted by Crippen LogP contribution is 2.35. The van der Waals surface area contributed by atoms with Crippen molar-refractivity contribution in [3.05, 3.63) is 49.8 Å². The lowest BCUT2D eigenvalue weighted by molar-refractivity contribution is 0.412. The summed E-state index contributed by atoms with van der Waals surface area (Å²) < 4.78 is 7.33. The molecule has 0 saturated heterocycles. The van der Waals surface area contributed by atoms with Crippen LogP contribution in [0.2, 0.25) is 0 Å². The Morgan fingerprint density at radius 2 is 2.14 bits per heavy atom. The van der Waals surface area contributed by atoms with E-state index in [1.54, 1.807) is 23.0 Å². The summed E-state index contributed by atoms with van der Waals surface area (Å²) in [7, 11) is 1.59. The minimum Gasteiger partial charge on any atom is -0.495 e. The van der Waals surface area contributed by atoms with Gasteiger partial charge in [-0.25, -0.2) is 4.57 Å². The Balaban J connectivity index is 2.11. The van der Waals surface area contributed by atoms with Gasteiger partial charge in [0.2, 0.25) is 0 Å². The fourth-order valence-electron chi connectivity index (χ4n) is 3.11. The third-order valence-electron chi connectivity index (χ3n) is 4.09. The average Bonchev–Trinajstić information content (AvgIpc) is 3.07. The fraction of sp³-hybridized carbons (Fsp3) is 0.250. The topological polar surface area (TPSA) is 47.0 Å². The number of H-pyrrole nitrogens is 1. The molecule has 0 amide bonds. The highest BCUT2D eigenvalue weighted by atomic mass is 32.1. The fourth-order valence-corrected chi connectivity index (χ4v) is 4.74. The van der Waals surface area contributed by atoms with Crippen LogP contribution in [0.5, 0.6) is 5.75 Å². The quantitative estimate of drug-likeness (QED) is 0.730. The summed E-state index contributed by atoms with van der Waals surface area (Å²) >= 11 is 7.08. The number of hydrogen-bond donors (Lipinski definition) is 1. The molecule has 1 aliphatic rings. The molecule has 0 spiro atoms. The lowest BCUT2D eigenvalue weighted by Crippen LogP contribution is -2.21. The maximum absolute atomic E-state index is 13.1. The number of aromatic amines is 1. The van der Waals surface area contributed by atoms with Crippen molar-refractivity contribution in [3.63, 3.8) is 0 Å². The molecule has 0 unspecified atom stereocenters. The van der Waals surface area contributed by atoms with Gasteiger partial charge in [0.1, 0.15) is 10.6 Å². The summed E-state index contributed by atoms with van der Waals surface area (Å²) in [5.74, 6) is 0.635. The van der Waals surface area contributed by atoms with E-state index in [0.29, 0.717) is 16.2 Å². The maximum Gasteiger partial charge on any atom is 0.268 e. The standard InChI is InChI=1S/C16H14N2O2S2/c1-20-11-7-3-2-6-10(11)18-15(19)13-9-5-4-8-12(9)22-14(13)17-16(18)21/h2-3,6-7H,4-5,8H2,1H3,(H,17,21). The van der Waals surface area contributed by atoms with E-state index in [1.807, 2.05) is 24.3 Å². The molecule has 1 aliphatic carbocycles. The van der Waals surface area contributed by atoms with Crippen LogP contribution >= 0.6 is 23.6 Å². The molecular formula is C16H14N2O2S2. The number of ether oxygens (including phenoxy) is 1. The molecule has 0 saturated carbocycles. The smallest absolute Gasteiger partial charge is 0.268 e. The van der Waals surface area contributed by atoms with Crippen molar-refractivity contribution in [1.29, 1.82) is 0 Å². The summed E-state index contributed by atoms with van der Waals surface area (Å²) in [4.78, 5) is 18.5. The molecule has 4 rings (SSSR count). The number of hydrogen-bond acceptors (Lipinski definition) is 4. The first-order valence-corrected chi connectivity index (χ1v) is 8.36. The van der Waals surface area contributed by atoms with Crippen LogP contribution in [0.4, 0.5) is 0 Å². The molecule has 6 heteroatoms. The summed E-state index contributed by atoms with van der Waals surface area (Å²) in [6.07, 6.45) is 3.16. The van der Waals surface area contributed by atoms with Gasteiger partial charge in [0.15, 0.2) is 4.77 Å². The monoisotopic (exact) mass is 330 g/mol. The number of methoxy groups -OCH3 is 1. The van der Waals surface area contributed by atoms with Crippen LogP contribution in [0.1, 0.15) is 16.9 Å². The second kappa shape index (κ2) is 5.07. The third kappa shape index (κ3) is 1.87. The zero-order chi connectivity index (χ0) is 15.3. The van der Waals surface area contributed by atoms with Crippen molar-refractivity contribution in [2.75, 3.05) is 7.11 Å². The summed E-state index contributed by atoms with van der Waals surface area (Å²) in [6, 6.07) is 7.43. The Kier molecular flexibility index (Phi) is 3.16. The molecule has 0 radical (unpaired) electrons. The van der Waals surface area contributed by atoms with Gasteiger partial charge in [-0.05, 0) is 49.2 Å². The zero-order valence-corrected chi connectivity index (χ0v) is 13.6. The number of thiophene rings is 1. The SMILES string of the molecule is COc1ccccc1-n1c(=S)[nH]c2sc3c(c2c1=O)CCC3. The molecule has 4 nitrogen and oxygen atoms in total. The molecule has 0 fully saturated rings. The lowest BCUT2D eigenvalue weighted by atomic mass is 10.2. The molecule has 0 bridgehead atoms. The number of nitrogens with zero attached hydrogens (tertiary/aromatic N) is 1. The van der Waals surface area contributed by atoms with Gasteiger partial charge in [-0.1, -0.05) is 12.1 Å². The van der Waals surface area contributed by atoms with Crippen LogP contribution < -0.4 is 10.3 Å². The van der Waals surface area contributed by atoms with Crippen molar-refractivity contribution in [2.24, 2.45) is 0 Å². The predicted octanol–water partition coefficient (Wildman–Crippen LogP) is 3.61. The van der Waals surface area contributed by atoms with E-state index >= 15 is 0 Å². The van der Waals surface area contributed by atoms with Crippen LogP contribution in [0.15, 0.2) is 29.1 Å². The number of fused-ring (bicyclic) bond motifs is 3. The van der Waals surface area contributed by atoms with E-state index in [0.717, 1.165) is 29.5 Å². The van der Waals surface area contributed by atoms with Crippen molar-refractivity contribution in [1.82, 2.24) is 9.55 Å². The van der Waals surface area contributed by atoms with Gasteiger partial charge < -0.3 is 9.72 Å². The van der Waals surface area contributed by atoms with Gasteiger partial charge >= 0.3 is 0 Å². The molecular weight excluding hydrogens is 316 g/mol. The number of nitrogens with one attached hydrogen (secondary N) is 1. The Hall–Kier alpha value is -1.92. The first-order valence-electron chi connectivity index (χ1n) is 7.13. The Morgan fingerprint density at radius 3 is 2.95 bits per heavy atom. The van der Waals surface area contributed by atoms with E-state index in [4.69, 9.17) is 17.0 Å². The van der Waals surface area contributed by atoms with Crippen molar-refractivity contribution >= 4 is 33.8 Å². The molecule has 0 atom stereocenters. The van der Waals surface area contributed by atoms with Gasteiger partial charge in [-0.2, -0.15) is 0 Å². The predicted molar refractivity (Wildman–Crippen MR) is 91.2 cm³/mol. The van der Waals surface area contributed by atoms with Crippen LogP contribution in [0.3, 0.4) is 0 Å². The third-order valence-corrected chi connectivity index (χ3v) is 5.58. The first-order chi connectivity index (χ1) is 10.7. The summed E-state index contributed by atoms with van der Waals surface area (Å²) in [5, 5.41) is 0.789. The van der Waals surface area contributed by atoms with E-state index in [1.165, 1.54) is 10.4 Å². The molecule has 2 heterocycles. The largest absolute Gasteiger partial charge is 0.495 e. The number of rotatable bonds is 2. The van der Waals surface area contributed by atoms with Crippen LogP contribution in [0, 0.1) is 4.77 Å². The van der Waals surface area contributed by atoms with E-state index in [-0.39, 0.29) is 5.56 Å². The Labute approximate surface area is 136 Å². The molecule has 0 aliphatic heterocycles. The van der Waals surface area contributed by atoms with Gasteiger partial charge in [0, 0.05) is 4.88 Å². The van der Waals surface area contributed by atoms with Gasteiger partial charge in [0.25, 0.3) is 5.56 Å². The molecule has 1 aromatic carbocycles. The van der Waals surface area contributed by atoms with Gasteiger partial charge in [0.05, 0.1) is 18.2 Å². The highest BCUT2D eigenvalue weighted by Gasteiger charge is 2.22. The van der Waals surface area contributed by atoms with Crippen LogP contribution in [0.25, 0.3) is 15.9 Å². The summed E-state index contributed by atoms with van der Waals surface area (Å²) in [6.45, 7) is 0. The van der Waals surface area contributed by atoms with Crippen LogP contribution in [-0.4, -0.2) is 16.7 Å². The first kappa shape index (κ1) is 13.7. The normalized spacial score (nSPS) is 13.5. The Morgan fingerprint density at radius 1 is 1.32 bits per heavy atom. The number of benzene rings is 1. The minimum absolute atomic E-state index is 0.0531. The molecule has 1 N–H and O–H groups in total. The van der Waals surface area contributed by atoms with Crippen molar-refractivity contribution < 1.29 is 4.74 Å². The van der Waals surface area contributed by atoms with Crippen LogP contribution in [-0.2, 0) is 12.8 Å². The lowest BCUT2D eigenvalue weighted by Gasteiger charge is -2.11. The van der Waals surface area contributed by atoms with Gasteiger partial charge in [-0.3, -0.25) is 4.79 Å². The van der Waals surface area contributed by atoms with E-state index in [2.05, 4.69) is 4.98 Å².